The van der Waals surface area contributed by atoms with E-state index < -0.39 is 0 Å². The smallest absolute Gasteiger partial charge is 0.126 e. The van der Waals surface area contributed by atoms with E-state index >= 15 is 0 Å². The topological polar surface area (TPSA) is 21.3 Å². The molecule has 0 fully saturated rings. The van der Waals surface area contributed by atoms with Crippen LogP contribution in [-0.2, 0) is 0 Å². The van der Waals surface area contributed by atoms with Crippen molar-refractivity contribution in [1.82, 2.24) is 5.32 Å². The molecule has 0 aliphatic rings. The lowest BCUT2D eigenvalue weighted by Gasteiger charge is -2.19. The molecule has 0 aliphatic heterocycles. The SMILES string of the molecule is CCCOc1ccc(Br)cc1C=CCNC(C)(C)C. The van der Waals surface area contributed by atoms with Crippen molar-refractivity contribution in [2.75, 3.05) is 13.2 Å². The van der Waals surface area contributed by atoms with E-state index in [4.69, 9.17) is 4.74 Å². The third-order valence-corrected chi connectivity index (χ3v) is 2.97. The summed E-state index contributed by atoms with van der Waals surface area (Å²) in [7, 11) is 0. The van der Waals surface area contributed by atoms with Gasteiger partial charge in [-0.05, 0) is 45.4 Å². The first kappa shape index (κ1) is 16.3. The molecule has 0 radical (unpaired) electrons. The zero-order valence-electron chi connectivity index (χ0n) is 12.3. The summed E-state index contributed by atoms with van der Waals surface area (Å²) in [5, 5.41) is 3.43. The van der Waals surface area contributed by atoms with Crippen LogP contribution in [0.25, 0.3) is 6.08 Å². The van der Waals surface area contributed by atoms with Crippen LogP contribution in [0.1, 0.15) is 39.7 Å². The van der Waals surface area contributed by atoms with Crippen LogP contribution in [0.2, 0.25) is 0 Å². The minimum absolute atomic E-state index is 0.142. The Bertz CT molecular complexity index is 421. The van der Waals surface area contributed by atoms with Gasteiger partial charge in [-0.2, -0.15) is 0 Å². The van der Waals surface area contributed by atoms with Crippen LogP contribution in [-0.4, -0.2) is 18.7 Å². The Labute approximate surface area is 125 Å². The molecule has 0 aromatic heterocycles. The van der Waals surface area contributed by atoms with Gasteiger partial charge in [0.05, 0.1) is 6.61 Å². The number of ether oxygens (including phenoxy) is 1. The Kier molecular flexibility index (Phi) is 6.59. The molecule has 1 aromatic rings. The first-order valence-corrected chi connectivity index (χ1v) is 7.55. The summed E-state index contributed by atoms with van der Waals surface area (Å²) in [6, 6.07) is 6.10. The molecule has 0 spiro atoms. The molecule has 0 atom stereocenters. The third-order valence-electron chi connectivity index (χ3n) is 2.48. The van der Waals surface area contributed by atoms with E-state index in [-0.39, 0.29) is 5.54 Å². The summed E-state index contributed by atoms with van der Waals surface area (Å²) in [6.07, 6.45) is 5.26. The third kappa shape index (κ3) is 6.79. The lowest BCUT2D eigenvalue weighted by Crippen LogP contribution is -2.35. The number of nitrogens with one attached hydrogen (secondary N) is 1. The van der Waals surface area contributed by atoms with Crippen LogP contribution in [0.5, 0.6) is 5.75 Å². The van der Waals surface area contributed by atoms with E-state index in [1.54, 1.807) is 0 Å². The maximum absolute atomic E-state index is 5.75. The van der Waals surface area contributed by atoms with Gasteiger partial charge < -0.3 is 10.1 Å². The largest absolute Gasteiger partial charge is 0.493 e. The van der Waals surface area contributed by atoms with E-state index in [9.17, 15) is 0 Å². The predicted molar refractivity (Wildman–Crippen MR) is 86.7 cm³/mol. The van der Waals surface area contributed by atoms with E-state index in [2.05, 4.69) is 67.2 Å². The van der Waals surface area contributed by atoms with Crippen molar-refractivity contribution in [3.05, 3.63) is 34.3 Å². The van der Waals surface area contributed by atoms with Gasteiger partial charge >= 0.3 is 0 Å². The average molecular weight is 326 g/mol. The van der Waals surface area contributed by atoms with E-state index in [0.29, 0.717) is 0 Å². The molecule has 0 aliphatic carbocycles. The van der Waals surface area contributed by atoms with Gasteiger partial charge in [-0.25, -0.2) is 0 Å². The predicted octanol–water partition coefficient (Wildman–Crippen LogP) is 4.64. The molecule has 0 heterocycles. The Balaban J connectivity index is 2.69. The van der Waals surface area contributed by atoms with Crippen molar-refractivity contribution in [1.29, 1.82) is 0 Å². The number of halogens is 1. The lowest BCUT2D eigenvalue weighted by molar-refractivity contribution is 0.316. The minimum atomic E-state index is 0.142. The Morgan fingerprint density at radius 2 is 2.05 bits per heavy atom. The summed E-state index contributed by atoms with van der Waals surface area (Å²) in [4.78, 5) is 0. The van der Waals surface area contributed by atoms with Crippen molar-refractivity contribution in [2.45, 2.75) is 39.7 Å². The molecule has 1 N–H and O–H groups in total. The highest BCUT2D eigenvalue weighted by Gasteiger charge is 2.06. The molecule has 0 saturated carbocycles. The van der Waals surface area contributed by atoms with E-state index in [0.717, 1.165) is 35.4 Å². The molecule has 2 nitrogen and oxygen atoms in total. The van der Waals surface area contributed by atoms with Gasteiger partial charge in [0.25, 0.3) is 0 Å². The van der Waals surface area contributed by atoms with E-state index in [1.165, 1.54) is 0 Å². The first-order valence-electron chi connectivity index (χ1n) is 6.76. The zero-order chi connectivity index (χ0) is 14.3. The number of hydrogen-bond acceptors (Lipinski definition) is 2. The van der Waals surface area contributed by atoms with Crippen molar-refractivity contribution in [3.63, 3.8) is 0 Å². The molecular formula is C16H24BrNO. The first-order chi connectivity index (χ1) is 8.92. The fourth-order valence-electron chi connectivity index (χ4n) is 1.54. The molecule has 3 heteroatoms. The van der Waals surface area contributed by atoms with Crippen LogP contribution < -0.4 is 10.1 Å². The monoisotopic (exact) mass is 325 g/mol. The minimum Gasteiger partial charge on any atom is -0.493 e. The normalized spacial score (nSPS) is 12.1. The summed E-state index contributed by atoms with van der Waals surface area (Å²) in [5.41, 5.74) is 1.25. The number of rotatable bonds is 6. The summed E-state index contributed by atoms with van der Waals surface area (Å²) in [5.74, 6) is 0.942. The van der Waals surface area contributed by atoms with Gasteiger partial charge in [-0.1, -0.05) is 35.0 Å². The summed E-state index contributed by atoms with van der Waals surface area (Å²) in [6.45, 7) is 10.2. The zero-order valence-corrected chi connectivity index (χ0v) is 13.9. The molecule has 0 amide bonds. The standard InChI is InChI=1S/C16H24BrNO/c1-5-11-19-15-9-8-14(17)12-13(15)7-6-10-18-16(2,3)4/h6-9,12,18H,5,10-11H2,1-4H3. The number of benzene rings is 1. The lowest BCUT2D eigenvalue weighted by atomic mass is 10.1. The second-order valence-electron chi connectivity index (χ2n) is 5.56. The molecule has 0 bridgehead atoms. The average Bonchev–Trinajstić information content (AvgIpc) is 2.32. The molecule has 0 saturated heterocycles. The Morgan fingerprint density at radius 3 is 2.68 bits per heavy atom. The van der Waals surface area contributed by atoms with Gasteiger partial charge in [-0.15, -0.1) is 0 Å². The van der Waals surface area contributed by atoms with Crippen molar-refractivity contribution in [2.24, 2.45) is 0 Å². The fraction of sp³-hybridized carbons (Fsp3) is 0.500. The van der Waals surface area contributed by atoms with Crippen LogP contribution in [0.15, 0.2) is 28.7 Å². The summed E-state index contributed by atoms with van der Waals surface area (Å²) < 4.78 is 6.82. The van der Waals surface area contributed by atoms with Crippen molar-refractivity contribution in [3.8, 4) is 5.75 Å². The summed E-state index contributed by atoms with van der Waals surface area (Å²) >= 11 is 3.50. The molecular weight excluding hydrogens is 302 g/mol. The van der Waals surface area contributed by atoms with Crippen molar-refractivity contribution < 1.29 is 4.74 Å². The quantitative estimate of drug-likeness (QED) is 0.822. The molecule has 0 unspecified atom stereocenters. The molecule has 1 rings (SSSR count). The highest BCUT2D eigenvalue weighted by molar-refractivity contribution is 9.10. The highest BCUT2D eigenvalue weighted by atomic mass is 79.9. The molecule has 19 heavy (non-hydrogen) atoms. The molecule has 106 valence electrons. The fourth-order valence-corrected chi connectivity index (χ4v) is 1.92. The van der Waals surface area contributed by atoms with Gasteiger partial charge in [0.2, 0.25) is 0 Å². The Hall–Kier alpha value is -0.800. The van der Waals surface area contributed by atoms with Crippen LogP contribution in [0.3, 0.4) is 0 Å². The van der Waals surface area contributed by atoms with E-state index in [1.807, 2.05) is 12.1 Å². The second kappa shape index (κ2) is 7.71. The Morgan fingerprint density at radius 1 is 1.32 bits per heavy atom. The van der Waals surface area contributed by atoms with Crippen molar-refractivity contribution >= 4 is 22.0 Å². The number of hydrogen-bond donors (Lipinski definition) is 1. The van der Waals surface area contributed by atoms with Crippen LogP contribution >= 0.6 is 15.9 Å². The molecule has 1 aromatic carbocycles. The second-order valence-corrected chi connectivity index (χ2v) is 6.48. The maximum atomic E-state index is 5.75. The highest BCUT2D eigenvalue weighted by Crippen LogP contribution is 2.24. The maximum Gasteiger partial charge on any atom is 0.126 e. The van der Waals surface area contributed by atoms with Gasteiger partial charge in [0.1, 0.15) is 5.75 Å². The van der Waals surface area contributed by atoms with Crippen LogP contribution in [0, 0.1) is 0 Å². The van der Waals surface area contributed by atoms with Gasteiger partial charge in [0.15, 0.2) is 0 Å². The van der Waals surface area contributed by atoms with Gasteiger partial charge in [-0.3, -0.25) is 0 Å². The van der Waals surface area contributed by atoms with Gasteiger partial charge in [0, 0.05) is 22.1 Å². The van der Waals surface area contributed by atoms with Crippen LogP contribution in [0.4, 0.5) is 0 Å².